The van der Waals surface area contributed by atoms with E-state index in [-0.39, 0.29) is 30.4 Å². The predicted octanol–water partition coefficient (Wildman–Crippen LogP) is 3.45. The van der Waals surface area contributed by atoms with Gasteiger partial charge in [0.25, 0.3) is 0 Å². The average Bonchev–Trinajstić information content (AvgIpc) is 3.31. The molecule has 1 aromatic rings. The molecule has 3 nitrogen and oxygen atoms in total. The first-order chi connectivity index (χ1) is 10.6. The van der Waals surface area contributed by atoms with Crippen LogP contribution in [0.15, 0.2) is 18.2 Å². The van der Waals surface area contributed by atoms with Crippen LogP contribution in [0.25, 0.3) is 0 Å². The first-order valence-corrected chi connectivity index (χ1v) is 8.39. The summed E-state index contributed by atoms with van der Waals surface area (Å²) >= 11 is 6.13. The minimum absolute atomic E-state index is 0.0695. The van der Waals surface area contributed by atoms with E-state index in [0.717, 1.165) is 38.6 Å². The Labute approximate surface area is 136 Å². The van der Waals surface area contributed by atoms with Crippen LogP contribution in [0.2, 0.25) is 5.02 Å². The third kappa shape index (κ3) is 3.28. The first kappa shape index (κ1) is 15.8. The normalized spacial score (nSPS) is 22.6. The molecule has 0 aromatic heterocycles. The SMILES string of the molecule is CN1CCCCC1C(=O)N(Cc1c(F)cccc1Cl)C1CC1. The molecule has 1 atom stereocenters. The highest BCUT2D eigenvalue weighted by molar-refractivity contribution is 6.31. The number of rotatable bonds is 4. The molecule has 0 bridgehead atoms. The quantitative estimate of drug-likeness (QED) is 0.847. The van der Waals surface area contributed by atoms with Crippen molar-refractivity contribution in [1.82, 2.24) is 9.80 Å². The zero-order valence-electron chi connectivity index (χ0n) is 12.9. The highest BCUT2D eigenvalue weighted by Gasteiger charge is 2.38. The van der Waals surface area contributed by atoms with E-state index in [1.807, 2.05) is 11.9 Å². The minimum atomic E-state index is -0.331. The number of halogens is 2. The monoisotopic (exact) mass is 324 g/mol. The first-order valence-electron chi connectivity index (χ1n) is 8.01. The van der Waals surface area contributed by atoms with Crippen molar-refractivity contribution in [3.8, 4) is 0 Å². The van der Waals surface area contributed by atoms with E-state index >= 15 is 0 Å². The Bertz CT molecular complexity index is 541. The zero-order valence-corrected chi connectivity index (χ0v) is 13.7. The Kier molecular flexibility index (Phi) is 4.69. The van der Waals surface area contributed by atoms with Crippen molar-refractivity contribution in [3.05, 3.63) is 34.6 Å². The fourth-order valence-electron chi connectivity index (χ4n) is 3.21. The maximum absolute atomic E-state index is 14.0. The van der Waals surface area contributed by atoms with Crippen LogP contribution in [0.1, 0.15) is 37.7 Å². The van der Waals surface area contributed by atoms with Gasteiger partial charge in [0, 0.05) is 16.6 Å². The van der Waals surface area contributed by atoms with Gasteiger partial charge in [-0.1, -0.05) is 24.1 Å². The van der Waals surface area contributed by atoms with Crippen LogP contribution in [0.3, 0.4) is 0 Å². The van der Waals surface area contributed by atoms with Gasteiger partial charge < -0.3 is 4.90 Å². The van der Waals surface area contributed by atoms with Crippen molar-refractivity contribution in [2.45, 2.75) is 50.7 Å². The molecule has 2 aliphatic rings. The number of likely N-dealkylation sites (N-methyl/N-ethyl adjacent to an activating group) is 1. The van der Waals surface area contributed by atoms with Crippen LogP contribution >= 0.6 is 11.6 Å². The minimum Gasteiger partial charge on any atom is -0.334 e. The summed E-state index contributed by atoms with van der Waals surface area (Å²) in [6.45, 7) is 1.23. The van der Waals surface area contributed by atoms with Crippen molar-refractivity contribution in [1.29, 1.82) is 0 Å². The summed E-state index contributed by atoms with van der Waals surface area (Å²) in [7, 11) is 2.00. The molecule has 1 amide bonds. The second kappa shape index (κ2) is 6.55. The molecule has 1 saturated heterocycles. The molecule has 1 heterocycles. The number of piperidine rings is 1. The van der Waals surface area contributed by atoms with Crippen LogP contribution in [0, 0.1) is 5.82 Å². The van der Waals surface area contributed by atoms with E-state index in [1.54, 1.807) is 12.1 Å². The Morgan fingerprint density at radius 3 is 2.77 bits per heavy atom. The fourth-order valence-corrected chi connectivity index (χ4v) is 3.43. The highest BCUT2D eigenvalue weighted by Crippen LogP contribution is 2.32. The van der Waals surface area contributed by atoms with Crippen molar-refractivity contribution in [2.24, 2.45) is 0 Å². The predicted molar refractivity (Wildman–Crippen MR) is 85.3 cm³/mol. The summed E-state index contributed by atoms with van der Waals surface area (Å²) in [5.41, 5.74) is 0.433. The van der Waals surface area contributed by atoms with E-state index in [0.29, 0.717) is 10.6 Å². The number of carbonyl (C=O) groups excluding carboxylic acids is 1. The molecule has 0 N–H and O–H groups in total. The highest BCUT2D eigenvalue weighted by atomic mass is 35.5. The maximum Gasteiger partial charge on any atom is 0.240 e. The van der Waals surface area contributed by atoms with Crippen LogP contribution in [-0.4, -0.2) is 41.4 Å². The second-order valence-electron chi connectivity index (χ2n) is 6.39. The molecular weight excluding hydrogens is 303 g/mol. The molecule has 2 fully saturated rings. The van der Waals surface area contributed by atoms with E-state index < -0.39 is 0 Å². The van der Waals surface area contributed by atoms with Gasteiger partial charge in [-0.05, 0) is 51.4 Å². The van der Waals surface area contributed by atoms with Crippen molar-refractivity contribution in [2.75, 3.05) is 13.6 Å². The van der Waals surface area contributed by atoms with E-state index in [2.05, 4.69) is 4.90 Å². The van der Waals surface area contributed by atoms with Gasteiger partial charge in [0.15, 0.2) is 0 Å². The van der Waals surface area contributed by atoms with Crippen LogP contribution in [0.5, 0.6) is 0 Å². The standard InChI is InChI=1S/C17H22ClFN2O/c1-20-10-3-2-7-16(20)17(22)21(12-8-9-12)11-13-14(18)5-4-6-15(13)19/h4-6,12,16H,2-3,7-11H2,1H3. The number of benzene rings is 1. The van der Waals surface area contributed by atoms with Gasteiger partial charge >= 0.3 is 0 Å². The summed E-state index contributed by atoms with van der Waals surface area (Å²) in [6.07, 6.45) is 5.13. The molecular formula is C17H22ClFN2O. The molecule has 0 spiro atoms. The molecule has 120 valence electrons. The van der Waals surface area contributed by atoms with Crippen LogP contribution in [0.4, 0.5) is 4.39 Å². The average molecular weight is 325 g/mol. The third-order valence-corrected chi connectivity index (χ3v) is 5.07. The molecule has 3 rings (SSSR count). The van der Waals surface area contributed by atoms with Gasteiger partial charge in [-0.25, -0.2) is 4.39 Å². The molecule has 1 saturated carbocycles. The number of nitrogens with zero attached hydrogens (tertiary/aromatic N) is 2. The number of amides is 1. The molecule has 22 heavy (non-hydrogen) atoms. The van der Waals surface area contributed by atoms with Gasteiger partial charge in [0.1, 0.15) is 5.82 Å². The number of hydrogen-bond donors (Lipinski definition) is 0. The van der Waals surface area contributed by atoms with Gasteiger partial charge in [0.05, 0.1) is 12.6 Å². The molecule has 1 unspecified atom stereocenters. The molecule has 1 aromatic carbocycles. The van der Waals surface area contributed by atoms with Crippen LogP contribution < -0.4 is 0 Å². The molecule has 1 aliphatic heterocycles. The number of hydrogen-bond acceptors (Lipinski definition) is 2. The third-order valence-electron chi connectivity index (χ3n) is 4.72. The Morgan fingerprint density at radius 2 is 2.14 bits per heavy atom. The fraction of sp³-hybridized carbons (Fsp3) is 0.588. The summed E-state index contributed by atoms with van der Waals surface area (Å²) in [6, 6.07) is 4.86. The van der Waals surface area contributed by atoms with Gasteiger partial charge in [0.2, 0.25) is 5.91 Å². The second-order valence-corrected chi connectivity index (χ2v) is 6.80. The lowest BCUT2D eigenvalue weighted by molar-refractivity contribution is -0.139. The van der Waals surface area contributed by atoms with Crippen molar-refractivity contribution in [3.63, 3.8) is 0 Å². The lowest BCUT2D eigenvalue weighted by Gasteiger charge is -2.35. The van der Waals surface area contributed by atoms with Crippen LogP contribution in [-0.2, 0) is 11.3 Å². The summed E-state index contributed by atoms with van der Waals surface area (Å²) in [5, 5.41) is 0.399. The van der Waals surface area contributed by atoms with Crippen molar-refractivity contribution >= 4 is 17.5 Å². The lowest BCUT2D eigenvalue weighted by Crippen LogP contribution is -2.49. The van der Waals surface area contributed by atoms with Gasteiger partial charge in [-0.15, -0.1) is 0 Å². The Hall–Kier alpha value is -1.13. The van der Waals surface area contributed by atoms with E-state index in [9.17, 15) is 9.18 Å². The largest absolute Gasteiger partial charge is 0.334 e. The molecule has 1 aliphatic carbocycles. The number of carbonyl (C=O) groups is 1. The molecule has 0 radical (unpaired) electrons. The summed E-state index contributed by atoms with van der Waals surface area (Å²) < 4.78 is 14.0. The van der Waals surface area contributed by atoms with Gasteiger partial charge in [-0.3, -0.25) is 9.69 Å². The van der Waals surface area contributed by atoms with E-state index in [4.69, 9.17) is 11.6 Å². The van der Waals surface area contributed by atoms with Gasteiger partial charge in [-0.2, -0.15) is 0 Å². The summed E-state index contributed by atoms with van der Waals surface area (Å²) in [5.74, 6) is -0.202. The Balaban J connectivity index is 1.79. The zero-order chi connectivity index (χ0) is 15.7. The smallest absolute Gasteiger partial charge is 0.240 e. The van der Waals surface area contributed by atoms with E-state index in [1.165, 1.54) is 6.07 Å². The topological polar surface area (TPSA) is 23.6 Å². The lowest BCUT2D eigenvalue weighted by atomic mass is 10.0. The Morgan fingerprint density at radius 1 is 1.36 bits per heavy atom. The number of likely N-dealkylation sites (tertiary alicyclic amines) is 1. The summed E-state index contributed by atoms with van der Waals surface area (Å²) in [4.78, 5) is 16.9. The van der Waals surface area contributed by atoms with Crippen molar-refractivity contribution < 1.29 is 9.18 Å². The molecule has 5 heteroatoms. The maximum atomic E-state index is 14.0.